The first kappa shape index (κ1) is 20.7. The Hall–Kier alpha value is -1.64. The lowest BCUT2D eigenvalue weighted by atomic mass is 10.00. The zero-order chi connectivity index (χ0) is 19.2. The van der Waals surface area contributed by atoms with Crippen LogP contribution in [0.15, 0.2) is 24.3 Å². The lowest BCUT2D eigenvalue weighted by molar-refractivity contribution is -0.176. The number of hydrogen-bond donors (Lipinski definition) is 3. The molecule has 0 aromatic heterocycles. The topological polar surface area (TPSA) is 62.4 Å². The normalized spacial score (nSPS) is 20.5. The average molecular weight is 373 g/mol. The van der Waals surface area contributed by atoms with E-state index >= 15 is 0 Å². The number of rotatable bonds is 8. The average Bonchev–Trinajstić information content (AvgIpc) is 3.00. The fraction of sp³-hybridized carbons (Fsp3) is 0.611. The molecule has 0 aliphatic carbocycles. The molecule has 2 atom stereocenters. The highest BCUT2D eigenvalue weighted by Gasteiger charge is 2.29. The minimum Gasteiger partial charge on any atom is -0.367 e. The van der Waals surface area contributed by atoms with E-state index in [0.717, 1.165) is 18.4 Å². The molecule has 2 unspecified atom stereocenters. The second-order valence-electron chi connectivity index (χ2n) is 7.05. The van der Waals surface area contributed by atoms with Crippen LogP contribution in [0.2, 0.25) is 0 Å². The summed E-state index contributed by atoms with van der Waals surface area (Å²) in [5, 5.41) is 2.88. The van der Waals surface area contributed by atoms with Gasteiger partial charge in [-0.15, -0.1) is 0 Å². The van der Waals surface area contributed by atoms with Gasteiger partial charge in [0.15, 0.2) is 0 Å². The van der Waals surface area contributed by atoms with Gasteiger partial charge in [-0.2, -0.15) is 13.2 Å². The fourth-order valence-electron chi connectivity index (χ4n) is 2.87. The van der Waals surface area contributed by atoms with E-state index in [2.05, 4.69) is 34.8 Å². The van der Waals surface area contributed by atoms with Crippen LogP contribution in [0.1, 0.15) is 37.8 Å². The molecule has 2 rings (SSSR count). The van der Waals surface area contributed by atoms with Crippen molar-refractivity contribution in [2.45, 2.75) is 58.1 Å². The van der Waals surface area contributed by atoms with Crippen molar-refractivity contribution in [1.82, 2.24) is 16.2 Å². The van der Waals surface area contributed by atoms with Crippen molar-refractivity contribution in [2.24, 2.45) is 5.92 Å². The lowest BCUT2D eigenvalue weighted by Gasteiger charge is -2.12. The van der Waals surface area contributed by atoms with Crippen molar-refractivity contribution in [3.05, 3.63) is 35.4 Å². The van der Waals surface area contributed by atoms with Crippen LogP contribution in [0, 0.1) is 5.92 Å². The maximum atomic E-state index is 12.2. The Morgan fingerprint density at radius 3 is 2.50 bits per heavy atom. The Morgan fingerprint density at radius 2 is 1.88 bits per heavy atom. The van der Waals surface area contributed by atoms with Gasteiger partial charge >= 0.3 is 6.18 Å². The molecule has 1 amide bonds. The standard InChI is InChI=1S/C18H26F3N3O2/c1-12(2)7-15-8-16(24-23-15)17(25)22-9-13-3-5-14(6-4-13)10-26-11-18(19,20)21/h3-6,12,15-16,23-24H,7-11H2,1-2H3,(H,22,25). The first-order valence-corrected chi connectivity index (χ1v) is 8.74. The number of ether oxygens (including phenoxy) is 1. The molecule has 1 heterocycles. The third kappa shape index (κ3) is 7.31. The van der Waals surface area contributed by atoms with Gasteiger partial charge in [0.1, 0.15) is 12.6 Å². The van der Waals surface area contributed by atoms with Crippen LogP contribution >= 0.6 is 0 Å². The number of carbonyl (C=O) groups excluding carboxylic acids is 1. The van der Waals surface area contributed by atoms with E-state index in [1.54, 1.807) is 24.3 Å². The van der Waals surface area contributed by atoms with Crippen LogP contribution in [0.4, 0.5) is 13.2 Å². The van der Waals surface area contributed by atoms with Crippen LogP contribution in [0.5, 0.6) is 0 Å². The largest absolute Gasteiger partial charge is 0.411 e. The highest BCUT2D eigenvalue weighted by Crippen LogP contribution is 2.16. The van der Waals surface area contributed by atoms with Crippen molar-refractivity contribution < 1.29 is 22.7 Å². The van der Waals surface area contributed by atoms with Gasteiger partial charge in [0.05, 0.1) is 6.61 Å². The summed E-state index contributed by atoms with van der Waals surface area (Å²) in [5.41, 5.74) is 7.70. The van der Waals surface area contributed by atoms with Gasteiger partial charge in [-0.3, -0.25) is 10.2 Å². The predicted molar refractivity (Wildman–Crippen MR) is 91.9 cm³/mol. The van der Waals surface area contributed by atoms with Gasteiger partial charge in [0.25, 0.3) is 0 Å². The summed E-state index contributed by atoms with van der Waals surface area (Å²) in [4.78, 5) is 12.2. The number of nitrogens with one attached hydrogen (secondary N) is 3. The molecule has 1 fully saturated rings. The van der Waals surface area contributed by atoms with E-state index in [9.17, 15) is 18.0 Å². The van der Waals surface area contributed by atoms with E-state index < -0.39 is 12.8 Å². The molecule has 1 saturated heterocycles. The van der Waals surface area contributed by atoms with Gasteiger partial charge in [-0.05, 0) is 29.9 Å². The van der Waals surface area contributed by atoms with Gasteiger partial charge in [0, 0.05) is 12.6 Å². The fourth-order valence-corrected chi connectivity index (χ4v) is 2.87. The Labute approximate surface area is 151 Å². The Kier molecular flexibility index (Phi) is 7.43. The van der Waals surface area contributed by atoms with Crippen LogP contribution < -0.4 is 16.2 Å². The summed E-state index contributed by atoms with van der Waals surface area (Å²) < 4.78 is 40.7. The lowest BCUT2D eigenvalue weighted by Crippen LogP contribution is -2.43. The quantitative estimate of drug-likeness (QED) is 0.656. The molecule has 1 aliphatic rings. The molecule has 1 aromatic rings. The predicted octanol–water partition coefficient (Wildman–Crippen LogP) is 2.66. The van der Waals surface area contributed by atoms with Crippen molar-refractivity contribution in [1.29, 1.82) is 0 Å². The third-order valence-corrected chi connectivity index (χ3v) is 4.08. The molecule has 0 spiro atoms. The number of amides is 1. The van der Waals surface area contributed by atoms with Gasteiger partial charge in [-0.25, -0.2) is 5.43 Å². The molecule has 26 heavy (non-hydrogen) atoms. The van der Waals surface area contributed by atoms with Crippen LogP contribution in [0.3, 0.4) is 0 Å². The molecule has 1 aliphatic heterocycles. The van der Waals surface area contributed by atoms with Crippen molar-refractivity contribution in [2.75, 3.05) is 6.61 Å². The molecule has 5 nitrogen and oxygen atoms in total. The number of hydrazine groups is 1. The molecule has 3 N–H and O–H groups in total. The molecular weight excluding hydrogens is 347 g/mol. The summed E-state index contributed by atoms with van der Waals surface area (Å²) in [6.45, 7) is 3.31. The number of hydrogen-bond acceptors (Lipinski definition) is 4. The number of alkyl halides is 3. The van der Waals surface area contributed by atoms with E-state index in [-0.39, 0.29) is 18.6 Å². The summed E-state index contributed by atoms with van der Waals surface area (Å²) >= 11 is 0. The monoisotopic (exact) mass is 373 g/mol. The van der Waals surface area contributed by atoms with E-state index in [1.807, 2.05) is 0 Å². The summed E-state index contributed by atoms with van der Waals surface area (Å²) in [7, 11) is 0. The van der Waals surface area contributed by atoms with Crippen molar-refractivity contribution in [3.8, 4) is 0 Å². The van der Waals surface area contributed by atoms with Crippen molar-refractivity contribution >= 4 is 5.91 Å². The van der Waals surface area contributed by atoms with E-state index in [4.69, 9.17) is 0 Å². The highest BCUT2D eigenvalue weighted by atomic mass is 19.4. The smallest absolute Gasteiger partial charge is 0.367 e. The maximum Gasteiger partial charge on any atom is 0.411 e. The van der Waals surface area contributed by atoms with E-state index in [1.165, 1.54) is 0 Å². The van der Waals surface area contributed by atoms with Crippen molar-refractivity contribution in [3.63, 3.8) is 0 Å². The number of halogens is 3. The molecule has 146 valence electrons. The van der Waals surface area contributed by atoms with Gasteiger partial charge in [0.2, 0.25) is 5.91 Å². The second-order valence-corrected chi connectivity index (χ2v) is 7.05. The molecule has 1 aromatic carbocycles. The first-order chi connectivity index (χ1) is 12.2. The Bertz CT molecular complexity index is 576. The first-order valence-electron chi connectivity index (χ1n) is 8.74. The highest BCUT2D eigenvalue weighted by molar-refractivity contribution is 5.82. The molecule has 0 radical (unpaired) electrons. The zero-order valence-electron chi connectivity index (χ0n) is 15.0. The maximum absolute atomic E-state index is 12.2. The van der Waals surface area contributed by atoms with Gasteiger partial charge in [-0.1, -0.05) is 38.1 Å². The number of benzene rings is 1. The molecule has 8 heteroatoms. The van der Waals surface area contributed by atoms with Gasteiger partial charge < -0.3 is 10.1 Å². The minimum atomic E-state index is -4.32. The molecular formula is C18H26F3N3O2. The van der Waals surface area contributed by atoms with Crippen LogP contribution in [-0.4, -0.2) is 30.8 Å². The molecule has 0 bridgehead atoms. The summed E-state index contributed by atoms with van der Waals surface area (Å²) in [5.74, 6) is 0.496. The zero-order valence-corrected chi connectivity index (χ0v) is 15.0. The van der Waals surface area contributed by atoms with Crippen LogP contribution in [-0.2, 0) is 22.7 Å². The molecule has 0 saturated carbocycles. The third-order valence-electron chi connectivity index (χ3n) is 4.08. The summed E-state index contributed by atoms with van der Waals surface area (Å²) in [6, 6.07) is 6.98. The minimum absolute atomic E-state index is 0.0682. The summed E-state index contributed by atoms with van der Waals surface area (Å²) in [6.07, 6.45) is -2.56. The Morgan fingerprint density at radius 1 is 1.23 bits per heavy atom. The second kappa shape index (κ2) is 9.34. The van der Waals surface area contributed by atoms with E-state index in [0.29, 0.717) is 24.1 Å². The number of carbonyl (C=O) groups is 1. The SMILES string of the molecule is CC(C)CC1CC(C(=O)NCc2ccc(COCC(F)(F)F)cc2)NN1. The Balaban J connectivity index is 1.71. The van der Waals surface area contributed by atoms with Crippen LogP contribution in [0.25, 0.3) is 0 Å².